The van der Waals surface area contributed by atoms with E-state index in [-0.39, 0.29) is 23.1 Å². The zero-order chi connectivity index (χ0) is 12.5. The Kier molecular flexibility index (Phi) is 3.19. The van der Waals surface area contributed by atoms with Crippen molar-refractivity contribution in [1.82, 2.24) is 4.98 Å². The molecular weight excluding hydrogens is 246 g/mol. The second-order valence-corrected chi connectivity index (χ2v) is 6.49. The SMILES string of the molecule is O=C(O)c1coc(CC2CCCS(=O)(=O)C2)n1. The highest BCUT2D eigenvalue weighted by molar-refractivity contribution is 7.91. The van der Waals surface area contributed by atoms with Crippen LogP contribution in [0, 0.1) is 5.92 Å². The number of nitrogens with zero attached hydrogens (tertiary/aromatic N) is 1. The molecule has 1 N–H and O–H groups in total. The molecule has 0 saturated carbocycles. The van der Waals surface area contributed by atoms with Crippen molar-refractivity contribution in [2.45, 2.75) is 19.3 Å². The van der Waals surface area contributed by atoms with Crippen molar-refractivity contribution < 1.29 is 22.7 Å². The summed E-state index contributed by atoms with van der Waals surface area (Å²) < 4.78 is 27.8. The molecule has 0 radical (unpaired) electrons. The molecule has 1 atom stereocenters. The van der Waals surface area contributed by atoms with Crippen molar-refractivity contribution in [2.75, 3.05) is 11.5 Å². The Morgan fingerprint density at radius 3 is 2.94 bits per heavy atom. The van der Waals surface area contributed by atoms with Gasteiger partial charge in [-0.05, 0) is 18.8 Å². The van der Waals surface area contributed by atoms with Gasteiger partial charge in [0.2, 0.25) is 0 Å². The Morgan fingerprint density at radius 2 is 2.35 bits per heavy atom. The van der Waals surface area contributed by atoms with Gasteiger partial charge in [0.25, 0.3) is 0 Å². The Balaban J connectivity index is 2.03. The smallest absolute Gasteiger partial charge is 0.357 e. The van der Waals surface area contributed by atoms with Gasteiger partial charge in [-0.15, -0.1) is 0 Å². The lowest BCUT2D eigenvalue weighted by Gasteiger charge is -2.20. The highest BCUT2D eigenvalue weighted by Crippen LogP contribution is 2.22. The molecule has 1 unspecified atom stereocenters. The van der Waals surface area contributed by atoms with Gasteiger partial charge >= 0.3 is 5.97 Å². The van der Waals surface area contributed by atoms with E-state index in [9.17, 15) is 13.2 Å². The third-order valence-electron chi connectivity index (χ3n) is 2.79. The van der Waals surface area contributed by atoms with Crippen molar-refractivity contribution in [3.05, 3.63) is 17.8 Å². The van der Waals surface area contributed by atoms with Gasteiger partial charge in [-0.3, -0.25) is 0 Å². The van der Waals surface area contributed by atoms with E-state index in [0.717, 1.165) is 12.7 Å². The number of aromatic carboxylic acids is 1. The van der Waals surface area contributed by atoms with Gasteiger partial charge in [0.1, 0.15) is 6.26 Å². The van der Waals surface area contributed by atoms with Crippen LogP contribution in [-0.4, -0.2) is 36.0 Å². The summed E-state index contributed by atoms with van der Waals surface area (Å²) in [5.41, 5.74) is -0.140. The van der Waals surface area contributed by atoms with Crippen LogP contribution in [0.25, 0.3) is 0 Å². The van der Waals surface area contributed by atoms with Crippen LogP contribution in [0.3, 0.4) is 0 Å². The number of carboxylic acid groups (broad SMARTS) is 1. The molecule has 1 aromatic heterocycles. The lowest BCUT2D eigenvalue weighted by Crippen LogP contribution is -2.26. The summed E-state index contributed by atoms with van der Waals surface area (Å²) in [4.78, 5) is 14.4. The molecule has 1 aliphatic rings. The fraction of sp³-hybridized carbons (Fsp3) is 0.600. The normalized spacial score (nSPS) is 23.4. The molecule has 0 amide bonds. The van der Waals surface area contributed by atoms with Gasteiger partial charge in [-0.2, -0.15) is 0 Å². The maximum Gasteiger partial charge on any atom is 0.357 e. The van der Waals surface area contributed by atoms with Crippen LogP contribution >= 0.6 is 0 Å². The fourth-order valence-corrected chi connectivity index (χ4v) is 3.80. The lowest BCUT2D eigenvalue weighted by atomic mass is 10.0. The van der Waals surface area contributed by atoms with Gasteiger partial charge in [-0.25, -0.2) is 18.2 Å². The topological polar surface area (TPSA) is 97.5 Å². The molecule has 6 nitrogen and oxygen atoms in total. The molecule has 1 fully saturated rings. The zero-order valence-corrected chi connectivity index (χ0v) is 9.94. The van der Waals surface area contributed by atoms with E-state index in [1.165, 1.54) is 0 Å². The fourth-order valence-electron chi connectivity index (χ4n) is 2.03. The van der Waals surface area contributed by atoms with Crippen LogP contribution in [0.4, 0.5) is 0 Å². The standard InChI is InChI=1S/C10H13NO5S/c12-10(13)8-5-16-9(11-8)4-7-2-1-3-17(14,15)6-7/h5,7H,1-4,6H2,(H,12,13). The third kappa shape index (κ3) is 3.06. The maximum atomic E-state index is 11.4. The summed E-state index contributed by atoms with van der Waals surface area (Å²) in [7, 11) is -2.95. The average molecular weight is 259 g/mol. The molecule has 0 aromatic carbocycles. The Morgan fingerprint density at radius 1 is 1.59 bits per heavy atom. The highest BCUT2D eigenvalue weighted by Gasteiger charge is 2.26. The third-order valence-corrected chi connectivity index (χ3v) is 4.68. The Hall–Kier alpha value is -1.37. The number of aromatic nitrogens is 1. The minimum absolute atomic E-state index is 0.0194. The number of hydrogen-bond acceptors (Lipinski definition) is 5. The predicted octanol–water partition coefficient (Wildman–Crippen LogP) is 0.740. The van der Waals surface area contributed by atoms with Crippen LogP contribution in [0.15, 0.2) is 10.7 Å². The second kappa shape index (κ2) is 4.48. The molecule has 1 saturated heterocycles. The minimum Gasteiger partial charge on any atom is -0.476 e. The molecular formula is C10H13NO5S. The van der Waals surface area contributed by atoms with E-state index in [1.54, 1.807) is 0 Å². The molecule has 2 rings (SSSR count). The quantitative estimate of drug-likeness (QED) is 0.859. The molecule has 1 aromatic rings. The first kappa shape index (κ1) is 12.1. The van der Waals surface area contributed by atoms with Crippen molar-refractivity contribution in [3.8, 4) is 0 Å². The van der Waals surface area contributed by atoms with Gasteiger partial charge in [0, 0.05) is 6.42 Å². The summed E-state index contributed by atoms with van der Waals surface area (Å²) in [6, 6.07) is 0. The van der Waals surface area contributed by atoms with Gasteiger partial charge < -0.3 is 9.52 Å². The van der Waals surface area contributed by atoms with Crippen molar-refractivity contribution >= 4 is 15.8 Å². The van der Waals surface area contributed by atoms with Gasteiger partial charge in [0.05, 0.1) is 11.5 Å². The van der Waals surface area contributed by atoms with E-state index >= 15 is 0 Å². The minimum atomic E-state index is -2.95. The first-order valence-electron chi connectivity index (χ1n) is 5.34. The number of rotatable bonds is 3. The predicted molar refractivity (Wildman–Crippen MR) is 58.5 cm³/mol. The van der Waals surface area contributed by atoms with Crippen LogP contribution < -0.4 is 0 Å². The summed E-state index contributed by atoms with van der Waals surface area (Å²) in [6.45, 7) is 0. The maximum absolute atomic E-state index is 11.4. The first-order valence-corrected chi connectivity index (χ1v) is 7.16. The van der Waals surface area contributed by atoms with E-state index < -0.39 is 15.8 Å². The molecule has 17 heavy (non-hydrogen) atoms. The largest absolute Gasteiger partial charge is 0.476 e. The molecule has 2 heterocycles. The monoisotopic (exact) mass is 259 g/mol. The molecule has 94 valence electrons. The van der Waals surface area contributed by atoms with Crippen molar-refractivity contribution in [2.24, 2.45) is 5.92 Å². The average Bonchev–Trinajstić information content (AvgIpc) is 2.64. The van der Waals surface area contributed by atoms with Crippen molar-refractivity contribution in [3.63, 3.8) is 0 Å². The number of carboxylic acids is 1. The Labute approximate surface area is 98.6 Å². The number of sulfone groups is 1. The number of carbonyl (C=O) groups is 1. The summed E-state index contributed by atoms with van der Waals surface area (Å²) >= 11 is 0. The summed E-state index contributed by atoms with van der Waals surface area (Å²) in [5, 5.41) is 8.67. The van der Waals surface area contributed by atoms with E-state index in [4.69, 9.17) is 9.52 Å². The van der Waals surface area contributed by atoms with Crippen LogP contribution in [-0.2, 0) is 16.3 Å². The van der Waals surface area contributed by atoms with Crippen molar-refractivity contribution in [1.29, 1.82) is 0 Å². The van der Waals surface area contributed by atoms with Gasteiger partial charge in [0.15, 0.2) is 21.4 Å². The molecule has 0 aliphatic carbocycles. The van der Waals surface area contributed by atoms with Crippen LogP contribution in [0.5, 0.6) is 0 Å². The van der Waals surface area contributed by atoms with E-state index in [2.05, 4.69) is 4.98 Å². The second-order valence-electron chi connectivity index (χ2n) is 4.26. The van der Waals surface area contributed by atoms with E-state index in [0.29, 0.717) is 18.7 Å². The number of hydrogen-bond donors (Lipinski definition) is 1. The molecule has 0 spiro atoms. The van der Waals surface area contributed by atoms with E-state index in [1.807, 2.05) is 0 Å². The first-order chi connectivity index (χ1) is 7.96. The van der Waals surface area contributed by atoms with Crippen LogP contribution in [0.1, 0.15) is 29.2 Å². The molecule has 0 bridgehead atoms. The summed E-state index contributed by atoms with van der Waals surface area (Å²) in [5.74, 6) is -0.484. The summed E-state index contributed by atoms with van der Waals surface area (Å²) in [6.07, 6.45) is 2.92. The van der Waals surface area contributed by atoms with Gasteiger partial charge in [-0.1, -0.05) is 0 Å². The van der Waals surface area contributed by atoms with Crippen LogP contribution in [0.2, 0.25) is 0 Å². The molecule has 1 aliphatic heterocycles. The lowest BCUT2D eigenvalue weighted by molar-refractivity contribution is 0.0690. The highest BCUT2D eigenvalue weighted by atomic mass is 32.2. The molecule has 7 heteroatoms. The zero-order valence-electron chi connectivity index (χ0n) is 9.13. The Bertz CT molecular complexity index is 519. The number of oxazole rings is 1.